The number of ether oxygens (including phenoxy) is 2. The number of anilines is 1. The molecule has 1 saturated heterocycles. The quantitative estimate of drug-likeness (QED) is 0.193. The number of aromatic nitrogens is 1. The SMILES string of the molecule is CC1CCCN1C(=O)CNC=O.COC(F)F.Cc1ccc2c(c1)Oc1ccccc1S2.Nc1noc2cc(CNC=O)ccc12. The number of para-hydroxylation sites is 1. The summed E-state index contributed by atoms with van der Waals surface area (Å²) in [5.74, 6) is 2.33. The van der Waals surface area contributed by atoms with Gasteiger partial charge in [0.05, 0.1) is 21.7 Å². The number of hydrogen-bond donors (Lipinski definition) is 3. The van der Waals surface area contributed by atoms with E-state index in [1.165, 1.54) is 15.4 Å². The molecular formula is C32H37F2N5O6S. The lowest BCUT2D eigenvalue weighted by Gasteiger charge is -2.20. The first-order valence-electron chi connectivity index (χ1n) is 14.3. The van der Waals surface area contributed by atoms with Crippen LogP contribution < -0.4 is 21.1 Å². The average molecular weight is 658 g/mol. The third-order valence-corrected chi connectivity index (χ3v) is 7.84. The number of amides is 3. The Morgan fingerprint density at radius 2 is 1.83 bits per heavy atom. The van der Waals surface area contributed by atoms with Crippen LogP contribution in [0.5, 0.6) is 11.5 Å². The monoisotopic (exact) mass is 657 g/mol. The summed E-state index contributed by atoms with van der Waals surface area (Å²) < 4.78 is 35.3. The highest BCUT2D eigenvalue weighted by Gasteiger charge is 2.24. The number of halogens is 2. The van der Waals surface area contributed by atoms with Gasteiger partial charge in [0.15, 0.2) is 11.4 Å². The molecule has 0 spiro atoms. The smallest absolute Gasteiger partial charge is 0.345 e. The van der Waals surface area contributed by atoms with Crippen LogP contribution in [-0.4, -0.2) is 61.6 Å². The van der Waals surface area contributed by atoms with Crippen molar-refractivity contribution >= 4 is 47.3 Å². The van der Waals surface area contributed by atoms with Crippen LogP contribution >= 0.6 is 11.8 Å². The van der Waals surface area contributed by atoms with E-state index in [0.29, 0.717) is 36.8 Å². The Balaban J connectivity index is 0.000000176. The molecule has 4 N–H and O–H groups in total. The average Bonchev–Trinajstić information content (AvgIpc) is 3.67. The molecule has 4 aromatic rings. The van der Waals surface area contributed by atoms with Crippen molar-refractivity contribution in [1.82, 2.24) is 20.7 Å². The van der Waals surface area contributed by atoms with Crippen LogP contribution in [0.3, 0.4) is 0 Å². The summed E-state index contributed by atoms with van der Waals surface area (Å²) in [6.45, 7) is 2.93. The zero-order valence-corrected chi connectivity index (χ0v) is 26.5. The number of fused-ring (bicyclic) bond motifs is 3. The van der Waals surface area contributed by atoms with Gasteiger partial charge in [-0.1, -0.05) is 41.2 Å². The highest BCUT2D eigenvalue weighted by molar-refractivity contribution is 7.99. The number of benzene rings is 3. The van der Waals surface area contributed by atoms with Crippen molar-refractivity contribution in [2.24, 2.45) is 0 Å². The fourth-order valence-corrected chi connectivity index (χ4v) is 5.37. The second kappa shape index (κ2) is 18.3. The van der Waals surface area contributed by atoms with E-state index >= 15 is 0 Å². The first-order valence-corrected chi connectivity index (χ1v) is 15.1. The molecule has 14 heteroatoms. The molecule has 2 aliphatic heterocycles. The molecule has 1 fully saturated rings. The maximum atomic E-state index is 11.3. The molecule has 2 aliphatic rings. The standard InChI is InChI=1S/C13H10OS.C9H9N3O2.C8H14N2O2.C2H4F2O/c1-9-6-7-13-11(8-9)14-10-4-2-3-5-12(10)15-13;10-9-7-2-1-6(4-11-5-13)3-8(7)14-12-9;1-7-3-2-4-10(7)8(12)5-9-6-11;1-5-2(3)4/h2-8H,1H3;1-3,5H,4H2,(H2,10,12)(H,11,13);6-7H,2-5H2,1H3,(H,9,11);2H,1H3. The molecule has 0 radical (unpaired) electrons. The van der Waals surface area contributed by atoms with Crippen molar-refractivity contribution in [3.05, 3.63) is 71.8 Å². The molecule has 6 rings (SSSR count). The number of carbonyl (C=O) groups excluding carboxylic acids is 3. The molecular weight excluding hydrogens is 620 g/mol. The zero-order chi connectivity index (χ0) is 33.5. The summed E-state index contributed by atoms with van der Waals surface area (Å²) >= 11 is 1.77. The van der Waals surface area contributed by atoms with Crippen LogP contribution in [0, 0.1) is 6.92 Å². The number of nitrogens with two attached hydrogens (primary N) is 1. The summed E-state index contributed by atoms with van der Waals surface area (Å²) in [5.41, 5.74) is 8.36. The largest absolute Gasteiger partial charge is 0.455 e. The molecule has 246 valence electrons. The fourth-order valence-electron chi connectivity index (χ4n) is 4.44. The van der Waals surface area contributed by atoms with Crippen molar-refractivity contribution in [2.45, 2.75) is 55.7 Å². The Hall–Kier alpha value is -4.69. The number of nitrogen functional groups attached to an aromatic ring is 1. The Morgan fingerprint density at radius 3 is 2.50 bits per heavy atom. The lowest BCUT2D eigenvalue weighted by atomic mass is 10.1. The molecule has 3 heterocycles. The van der Waals surface area contributed by atoms with Crippen molar-refractivity contribution in [3.63, 3.8) is 0 Å². The van der Waals surface area contributed by atoms with Crippen LogP contribution in [-0.2, 0) is 25.7 Å². The molecule has 1 atom stereocenters. The topological polar surface area (TPSA) is 149 Å². The van der Waals surface area contributed by atoms with Crippen molar-refractivity contribution < 1.29 is 37.2 Å². The van der Waals surface area contributed by atoms with E-state index in [-0.39, 0.29) is 12.5 Å². The van der Waals surface area contributed by atoms with Crippen molar-refractivity contribution in [1.29, 1.82) is 0 Å². The van der Waals surface area contributed by atoms with Gasteiger partial charge in [0.1, 0.15) is 11.5 Å². The van der Waals surface area contributed by atoms with E-state index in [4.69, 9.17) is 15.0 Å². The van der Waals surface area contributed by atoms with E-state index in [9.17, 15) is 23.2 Å². The molecule has 11 nitrogen and oxygen atoms in total. The highest BCUT2D eigenvalue weighted by Crippen LogP contribution is 2.46. The third-order valence-electron chi connectivity index (χ3n) is 6.73. The highest BCUT2D eigenvalue weighted by atomic mass is 32.2. The van der Waals surface area contributed by atoms with Gasteiger partial charge >= 0.3 is 6.61 Å². The minimum Gasteiger partial charge on any atom is -0.455 e. The summed E-state index contributed by atoms with van der Waals surface area (Å²) in [6.07, 6.45) is 3.36. The van der Waals surface area contributed by atoms with Gasteiger partial charge in [-0.05, 0) is 74.2 Å². The molecule has 1 unspecified atom stereocenters. The predicted molar refractivity (Wildman–Crippen MR) is 171 cm³/mol. The maximum Gasteiger partial charge on any atom is 0.345 e. The summed E-state index contributed by atoms with van der Waals surface area (Å²) in [7, 11) is 0.949. The van der Waals surface area contributed by atoms with Crippen LogP contribution in [0.2, 0.25) is 0 Å². The predicted octanol–water partition coefficient (Wildman–Crippen LogP) is 5.51. The number of rotatable bonds is 7. The van der Waals surface area contributed by atoms with Gasteiger partial charge in [-0.3, -0.25) is 14.4 Å². The van der Waals surface area contributed by atoms with Gasteiger partial charge in [-0.2, -0.15) is 8.78 Å². The normalized spacial score (nSPS) is 14.1. The van der Waals surface area contributed by atoms with Crippen LogP contribution in [0.4, 0.5) is 14.6 Å². The molecule has 46 heavy (non-hydrogen) atoms. The lowest BCUT2D eigenvalue weighted by molar-refractivity contribution is -0.131. The number of nitrogens with zero attached hydrogens (tertiary/aromatic N) is 2. The molecule has 0 aliphatic carbocycles. The summed E-state index contributed by atoms with van der Waals surface area (Å²) in [5, 5.41) is 9.36. The summed E-state index contributed by atoms with van der Waals surface area (Å²) in [6, 6.07) is 20.3. The zero-order valence-electron chi connectivity index (χ0n) is 25.7. The number of likely N-dealkylation sites (tertiary alicyclic amines) is 1. The maximum absolute atomic E-state index is 11.3. The van der Waals surface area contributed by atoms with Gasteiger partial charge in [0, 0.05) is 26.2 Å². The van der Waals surface area contributed by atoms with Gasteiger partial charge in [0.2, 0.25) is 18.7 Å². The van der Waals surface area contributed by atoms with Crippen molar-refractivity contribution in [2.75, 3.05) is 25.9 Å². The molecule has 3 amide bonds. The van der Waals surface area contributed by atoms with Gasteiger partial charge in [-0.15, -0.1) is 0 Å². The number of carbonyl (C=O) groups is 3. The van der Waals surface area contributed by atoms with Crippen LogP contribution in [0.25, 0.3) is 11.0 Å². The first-order chi connectivity index (χ1) is 22.2. The molecule has 0 saturated carbocycles. The van der Waals surface area contributed by atoms with Crippen LogP contribution in [0.1, 0.15) is 30.9 Å². The Labute approximate surface area is 269 Å². The molecule has 1 aromatic heterocycles. The van der Waals surface area contributed by atoms with E-state index in [1.54, 1.807) is 17.8 Å². The van der Waals surface area contributed by atoms with Crippen LogP contribution in [0.15, 0.2) is 75.0 Å². The van der Waals surface area contributed by atoms with E-state index in [0.717, 1.165) is 48.9 Å². The van der Waals surface area contributed by atoms with Gasteiger partial charge in [0.25, 0.3) is 0 Å². The second-order valence-electron chi connectivity index (χ2n) is 10.1. The van der Waals surface area contributed by atoms with Crippen molar-refractivity contribution in [3.8, 4) is 11.5 Å². The number of nitrogens with one attached hydrogen (secondary N) is 2. The first kappa shape index (κ1) is 35.8. The number of aryl methyl sites for hydroxylation is 1. The van der Waals surface area contributed by atoms with E-state index in [1.807, 2.05) is 42.2 Å². The number of alkyl halides is 2. The van der Waals surface area contributed by atoms with Gasteiger partial charge < -0.3 is 35.3 Å². The Bertz CT molecular complexity index is 1590. The molecule has 3 aromatic carbocycles. The lowest BCUT2D eigenvalue weighted by Crippen LogP contribution is -2.39. The number of hydrogen-bond acceptors (Lipinski definition) is 9. The molecule has 0 bridgehead atoms. The second-order valence-corrected chi connectivity index (χ2v) is 11.2. The minimum atomic E-state index is -2.62. The third kappa shape index (κ3) is 10.7. The van der Waals surface area contributed by atoms with Gasteiger partial charge in [-0.25, -0.2) is 0 Å². The van der Waals surface area contributed by atoms with E-state index < -0.39 is 6.61 Å². The fraction of sp³-hybridized carbons (Fsp3) is 0.312. The summed E-state index contributed by atoms with van der Waals surface area (Å²) in [4.78, 5) is 35.5. The minimum absolute atomic E-state index is 0.0205. The van der Waals surface area contributed by atoms with E-state index in [2.05, 4.69) is 51.7 Å². The Kier molecular flexibility index (Phi) is 14.3. The number of methoxy groups -OCH3 is 1. The Morgan fingerprint density at radius 1 is 1.11 bits per heavy atom.